The molecule has 4 rings (SSSR count). The van der Waals surface area contributed by atoms with Gasteiger partial charge in [-0.05, 0) is 67.6 Å². The van der Waals surface area contributed by atoms with Crippen molar-refractivity contribution in [2.24, 2.45) is 35.0 Å². The minimum Gasteiger partial charge on any atom is -0.462 e. The van der Waals surface area contributed by atoms with Crippen molar-refractivity contribution in [2.75, 3.05) is 0 Å². The highest BCUT2D eigenvalue weighted by Gasteiger charge is 2.56. The van der Waals surface area contributed by atoms with E-state index in [9.17, 15) is 9.59 Å². The van der Waals surface area contributed by atoms with E-state index < -0.39 is 0 Å². The lowest BCUT2D eigenvalue weighted by molar-refractivity contribution is -0.165. The van der Waals surface area contributed by atoms with Crippen LogP contribution in [0.5, 0.6) is 0 Å². The Bertz CT molecular complexity index is 511. The van der Waals surface area contributed by atoms with Crippen molar-refractivity contribution in [3.63, 3.8) is 0 Å². The number of ether oxygens (including phenoxy) is 1. The lowest BCUT2D eigenvalue weighted by atomic mass is 9.50. The van der Waals surface area contributed by atoms with E-state index in [2.05, 4.69) is 6.92 Å². The van der Waals surface area contributed by atoms with Crippen molar-refractivity contribution in [1.29, 1.82) is 0 Å². The van der Waals surface area contributed by atoms with Crippen molar-refractivity contribution in [1.82, 2.24) is 0 Å². The average molecular weight is 318 g/mol. The summed E-state index contributed by atoms with van der Waals surface area (Å²) in [6, 6.07) is 0. The number of hydrogen-bond donors (Lipinski definition) is 0. The molecule has 1 unspecified atom stereocenters. The fourth-order valence-electron chi connectivity index (χ4n) is 7.04. The van der Waals surface area contributed by atoms with Gasteiger partial charge in [0.05, 0.1) is 0 Å². The number of rotatable bonds is 1. The van der Waals surface area contributed by atoms with Gasteiger partial charge in [-0.3, -0.25) is 9.59 Å². The summed E-state index contributed by atoms with van der Waals surface area (Å²) in [6.45, 7) is 4.00. The minimum absolute atomic E-state index is 0.141. The van der Waals surface area contributed by atoms with Crippen molar-refractivity contribution >= 4 is 11.8 Å². The summed E-state index contributed by atoms with van der Waals surface area (Å²) in [6.07, 6.45) is 10.3. The van der Waals surface area contributed by atoms with E-state index in [1.165, 1.54) is 51.9 Å². The summed E-state index contributed by atoms with van der Waals surface area (Å²) < 4.78 is 5.66. The first-order valence-electron chi connectivity index (χ1n) is 9.67. The number of fused-ring (bicyclic) bond motifs is 5. The van der Waals surface area contributed by atoms with Crippen LogP contribution in [0.3, 0.4) is 0 Å². The monoisotopic (exact) mass is 318 g/mol. The summed E-state index contributed by atoms with van der Waals surface area (Å²) in [5.74, 6) is 3.36. The van der Waals surface area contributed by atoms with Gasteiger partial charge < -0.3 is 4.74 Å². The van der Waals surface area contributed by atoms with Gasteiger partial charge in [0.25, 0.3) is 0 Å². The van der Waals surface area contributed by atoms with Crippen LogP contribution in [0.4, 0.5) is 0 Å². The van der Waals surface area contributed by atoms with Crippen LogP contribution in [-0.2, 0) is 14.3 Å². The topological polar surface area (TPSA) is 43.4 Å². The Labute approximate surface area is 139 Å². The third kappa shape index (κ3) is 2.55. The van der Waals surface area contributed by atoms with Gasteiger partial charge in [-0.1, -0.05) is 13.3 Å². The smallest absolute Gasteiger partial charge is 0.302 e. The maximum absolute atomic E-state index is 12.1. The Hall–Kier alpha value is -0.860. The summed E-state index contributed by atoms with van der Waals surface area (Å²) in [4.78, 5) is 23.7. The molecule has 0 aromatic rings. The maximum atomic E-state index is 12.1. The van der Waals surface area contributed by atoms with Crippen LogP contribution in [0.15, 0.2) is 0 Å². The lowest BCUT2D eigenvalue weighted by Gasteiger charge is -2.55. The summed E-state index contributed by atoms with van der Waals surface area (Å²) in [7, 11) is 0. The molecule has 4 aliphatic carbocycles. The third-order valence-corrected chi connectivity index (χ3v) is 7.85. The second-order valence-electron chi connectivity index (χ2n) is 9.03. The quantitative estimate of drug-likeness (QED) is 0.682. The molecule has 0 saturated heterocycles. The van der Waals surface area contributed by atoms with Gasteiger partial charge >= 0.3 is 5.97 Å². The van der Waals surface area contributed by atoms with Crippen LogP contribution in [0.1, 0.15) is 71.6 Å². The van der Waals surface area contributed by atoms with Crippen LogP contribution in [0.25, 0.3) is 0 Å². The number of hydrogen-bond acceptors (Lipinski definition) is 3. The van der Waals surface area contributed by atoms with E-state index in [1.807, 2.05) is 0 Å². The molecule has 23 heavy (non-hydrogen) atoms. The highest BCUT2D eigenvalue weighted by atomic mass is 16.5. The molecule has 0 bridgehead atoms. The van der Waals surface area contributed by atoms with E-state index in [1.54, 1.807) is 0 Å². The summed E-state index contributed by atoms with van der Waals surface area (Å²) in [5.41, 5.74) is 0.565. The number of esters is 1. The molecule has 3 nitrogen and oxygen atoms in total. The maximum Gasteiger partial charge on any atom is 0.302 e. The predicted octanol–water partition coefficient (Wildman–Crippen LogP) is 4.14. The zero-order valence-electron chi connectivity index (χ0n) is 14.6. The molecule has 0 radical (unpaired) electrons. The van der Waals surface area contributed by atoms with E-state index >= 15 is 0 Å². The van der Waals surface area contributed by atoms with Crippen molar-refractivity contribution in [3.8, 4) is 0 Å². The molecule has 7 atom stereocenters. The Morgan fingerprint density at radius 3 is 2.70 bits per heavy atom. The Kier molecular flexibility index (Phi) is 3.81. The molecule has 128 valence electrons. The first kappa shape index (κ1) is 15.7. The molecule has 4 aliphatic rings. The van der Waals surface area contributed by atoms with Crippen LogP contribution >= 0.6 is 0 Å². The Morgan fingerprint density at radius 1 is 1.09 bits per heavy atom. The normalized spacial score (nSPS) is 49.0. The molecule has 4 fully saturated rings. The first-order chi connectivity index (χ1) is 11.0. The molecule has 0 spiro atoms. The second-order valence-corrected chi connectivity index (χ2v) is 9.03. The minimum atomic E-state index is -0.216. The fourth-order valence-corrected chi connectivity index (χ4v) is 7.04. The van der Waals surface area contributed by atoms with Gasteiger partial charge in [-0.2, -0.15) is 0 Å². The second kappa shape index (κ2) is 5.60. The molecule has 3 heteroatoms. The number of Topliss-reactive ketones (excluding diaryl/α,β-unsaturated/α-hetero) is 1. The zero-order chi connectivity index (χ0) is 16.2. The summed E-state index contributed by atoms with van der Waals surface area (Å²) >= 11 is 0. The van der Waals surface area contributed by atoms with Gasteiger partial charge in [0.1, 0.15) is 11.9 Å². The Balaban J connectivity index is 1.61. The SMILES string of the molecule is CC(=O)OC1CC(=O)C[C@@H]2CC[C@@H]3[C@H](CC[C@]4(C)CCC[C@@H]34)[C@@H]12. The van der Waals surface area contributed by atoms with Gasteiger partial charge in [0.15, 0.2) is 0 Å². The van der Waals surface area contributed by atoms with Gasteiger partial charge in [0, 0.05) is 25.7 Å². The standard InChI is InChI=1S/C20H30O3/c1-12(21)23-18-11-14(22)10-13-5-6-15-16(19(13)18)7-9-20(2)8-3-4-17(15)20/h13,15-19H,3-11H2,1-2H3/t13-,15+,16-,17-,18?,19-,20-/m0/s1. The molecule has 0 N–H and O–H groups in total. The third-order valence-electron chi connectivity index (χ3n) is 7.85. The highest BCUT2D eigenvalue weighted by Crippen LogP contribution is 2.62. The van der Waals surface area contributed by atoms with Crippen LogP contribution in [0.2, 0.25) is 0 Å². The average Bonchev–Trinajstić information content (AvgIpc) is 2.87. The van der Waals surface area contributed by atoms with E-state index in [4.69, 9.17) is 4.74 Å². The van der Waals surface area contributed by atoms with Crippen molar-refractivity contribution in [3.05, 3.63) is 0 Å². The summed E-state index contributed by atoms with van der Waals surface area (Å²) in [5, 5.41) is 0. The number of carbonyl (C=O) groups excluding carboxylic acids is 2. The van der Waals surface area contributed by atoms with Gasteiger partial charge in [0.2, 0.25) is 0 Å². The molecule has 0 aromatic carbocycles. The van der Waals surface area contributed by atoms with Crippen molar-refractivity contribution in [2.45, 2.75) is 77.7 Å². The molecule has 0 aliphatic heterocycles. The van der Waals surface area contributed by atoms with E-state index in [0.29, 0.717) is 35.4 Å². The fraction of sp³-hybridized carbons (Fsp3) is 0.900. The van der Waals surface area contributed by atoms with Crippen LogP contribution < -0.4 is 0 Å². The molecular weight excluding hydrogens is 288 g/mol. The van der Waals surface area contributed by atoms with E-state index in [-0.39, 0.29) is 12.1 Å². The number of carbonyl (C=O) groups is 2. The molecule has 0 aromatic heterocycles. The molecule has 4 saturated carbocycles. The first-order valence-corrected chi connectivity index (χ1v) is 9.67. The van der Waals surface area contributed by atoms with Crippen LogP contribution in [0, 0.1) is 35.0 Å². The van der Waals surface area contributed by atoms with E-state index in [0.717, 1.165) is 18.3 Å². The molecule has 0 amide bonds. The molecule has 0 heterocycles. The van der Waals surface area contributed by atoms with Gasteiger partial charge in [-0.15, -0.1) is 0 Å². The van der Waals surface area contributed by atoms with Crippen molar-refractivity contribution < 1.29 is 14.3 Å². The number of ketones is 1. The molecular formula is C20H30O3. The largest absolute Gasteiger partial charge is 0.462 e. The van der Waals surface area contributed by atoms with Crippen LogP contribution in [-0.4, -0.2) is 17.9 Å². The van der Waals surface area contributed by atoms with Gasteiger partial charge in [-0.25, -0.2) is 0 Å². The zero-order valence-corrected chi connectivity index (χ0v) is 14.6. The predicted molar refractivity (Wildman–Crippen MR) is 87.7 cm³/mol. The Morgan fingerprint density at radius 2 is 1.91 bits per heavy atom. The highest BCUT2D eigenvalue weighted by molar-refractivity contribution is 5.80. The lowest BCUT2D eigenvalue weighted by Crippen LogP contribution is -2.52.